The molecule has 3 aromatic rings. The molecule has 2 amide bonds. The molecule has 9 heteroatoms. The predicted octanol–water partition coefficient (Wildman–Crippen LogP) is 3.35. The van der Waals surface area contributed by atoms with Crippen molar-refractivity contribution >= 4 is 11.8 Å². The third kappa shape index (κ3) is 8.49. The first-order chi connectivity index (χ1) is 17.1. The Morgan fingerprint density at radius 1 is 0.971 bits per heavy atom. The molecule has 0 bridgehead atoms. The van der Waals surface area contributed by atoms with Crippen molar-refractivity contribution in [3.8, 4) is 11.5 Å². The van der Waals surface area contributed by atoms with Crippen LogP contribution in [-0.2, 0) is 20.7 Å². The summed E-state index contributed by atoms with van der Waals surface area (Å²) in [6.07, 6.45) is 3.86. The predicted molar refractivity (Wildman–Crippen MR) is 128 cm³/mol. The molecular formula is C26H29N3O6. The van der Waals surface area contributed by atoms with Crippen LogP contribution < -0.4 is 15.5 Å². The van der Waals surface area contributed by atoms with Crippen molar-refractivity contribution in [2.75, 3.05) is 20.5 Å². The van der Waals surface area contributed by atoms with E-state index in [1.54, 1.807) is 54.3 Å². The number of hydrogen-bond acceptors (Lipinski definition) is 7. The van der Waals surface area contributed by atoms with Gasteiger partial charge in [-0.2, -0.15) is 0 Å². The van der Waals surface area contributed by atoms with Gasteiger partial charge in [-0.05, 0) is 66.9 Å². The fraction of sp³-hybridized carbons (Fsp3) is 0.269. The van der Waals surface area contributed by atoms with E-state index >= 15 is 0 Å². The number of nitrogens with zero attached hydrogens (tertiary/aromatic N) is 1. The summed E-state index contributed by atoms with van der Waals surface area (Å²) in [4.78, 5) is 29.3. The van der Waals surface area contributed by atoms with Crippen LogP contribution in [0.3, 0.4) is 0 Å². The largest absolute Gasteiger partial charge is 0.457 e. The topological polar surface area (TPSA) is 119 Å². The molecule has 0 saturated carbocycles. The van der Waals surface area contributed by atoms with Crippen molar-refractivity contribution in [3.05, 3.63) is 90.3 Å². The molecule has 0 saturated heterocycles. The molecular weight excluding hydrogens is 450 g/mol. The standard InChI is InChI=1S/C26H29N3O6/c1-33-18-34-17-22(16-21(26(31)29-32)15-19-11-13-27-14-12-19)28-25(30)20-7-9-24(10-8-20)35-23-5-3-2-4-6-23/h2-14,21-22,32H,15-18H2,1H3,(H,28,30)(H,29,31). The number of pyridine rings is 1. The Bertz CT molecular complexity index is 1050. The van der Waals surface area contributed by atoms with E-state index in [2.05, 4.69) is 10.3 Å². The molecule has 0 spiro atoms. The summed E-state index contributed by atoms with van der Waals surface area (Å²) in [5, 5.41) is 12.2. The highest BCUT2D eigenvalue weighted by Gasteiger charge is 2.25. The quantitative estimate of drug-likeness (QED) is 0.149. The minimum absolute atomic E-state index is 0.0408. The number of aromatic nitrogens is 1. The van der Waals surface area contributed by atoms with Crippen molar-refractivity contribution in [3.63, 3.8) is 0 Å². The van der Waals surface area contributed by atoms with E-state index in [1.807, 2.05) is 30.3 Å². The van der Waals surface area contributed by atoms with Gasteiger partial charge in [0.1, 0.15) is 18.3 Å². The van der Waals surface area contributed by atoms with Gasteiger partial charge in [0.05, 0.1) is 12.6 Å². The smallest absolute Gasteiger partial charge is 0.251 e. The van der Waals surface area contributed by atoms with Crippen LogP contribution in [0.25, 0.3) is 0 Å². The van der Waals surface area contributed by atoms with Crippen LogP contribution in [0, 0.1) is 5.92 Å². The molecule has 0 fully saturated rings. The second-order valence-corrected chi connectivity index (χ2v) is 7.86. The Labute approximate surface area is 204 Å². The number of methoxy groups -OCH3 is 1. The number of hydrogen-bond donors (Lipinski definition) is 3. The molecule has 0 aliphatic carbocycles. The number of ether oxygens (including phenoxy) is 3. The van der Waals surface area contributed by atoms with Crippen molar-refractivity contribution < 1.29 is 29.0 Å². The van der Waals surface area contributed by atoms with E-state index in [1.165, 1.54) is 7.11 Å². The molecule has 1 aromatic heterocycles. The summed E-state index contributed by atoms with van der Waals surface area (Å²) < 4.78 is 16.2. The molecule has 0 aliphatic rings. The van der Waals surface area contributed by atoms with Gasteiger partial charge in [0.2, 0.25) is 5.91 Å². The van der Waals surface area contributed by atoms with Crippen molar-refractivity contribution in [1.29, 1.82) is 0 Å². The monoisotopic (exact) mass is 479 g/mol. The molecule has 3 N–H and O–H groups in total. The lowest BCUT2D eigenvalue weighted by molar-refractivity contribution is -0.134. The average Bonchev–Trinajstić information content (AvgIpc) is 2.89. The van der Waals surface area contributed by atoms with Crippen LogP contribution in [0.4, 0.5) is 0 Å². The van der Waals surface area contributed by atoms with Gasteiger partial charge in [0, 0.05) is 31.0 Å². The van der Waals surface area contributed by atoms with Gasteiger partial charge in [0.15, 0.2) is 0 Å². The second kappa shape index (κ2) is 13.8. The number of rotatable bonds is 13. The van der Waals surface area contributed by atoms with E-state index < -0.39 is 17.9 Å². The maximum Gasteiger partial charge on any atom is 0.251 e. The molecule has 0 aliphatic heterocycles. The fourth-order valence-corrected chi connectivity index (χ4v) is 3.53. The second-order valence-electron chi connectivity index (χ2n) is 7.86. The van der Waals surface area contributed by atoms with E-state index in [9.17, 15) is 14.8 Å². The van der Waals surface area contributed by atoms with Crippen molar-refractivity contribution in [2.45, 2.75) is 18.9 Å². The SMILES string of the molecule is COCOCC(CC(Cc1ccncc1)C(=O)NO)NC(=O)c1ccc(Oc2ccccc2)cc1. The third-order valence-corrected chi connectivity index (χ3v) is 5.23. The fourth-order valence-electron chi connectivity index (χ4n) is 3.53. The number of carbonyl (C=O) groups excluding carboxylic acids is 2. The number of para-hydroxylation sites is 1. The molecule has 0 radical (unpaired) electrons. The molecule has 184 valence electrons. The highest BCUT2D eigenvalue weighted by molar-refractivity contribution is 5.94. The summed E-state index contributed by atoms with van der Waals surface area (Å²) >= 11 is 0. The Balaban J connectivity index is 1.67. The molecule has 2 atom stereocenters. The van der Waals surface area contributed by atoms with Crippen LogP contribution in [0.15, 0.2) is 79.1 Å². The zero-order valence-electron chi connectivity index (χ0n) is 19.4. The van der Waals surface area contributed by atoms with Crippen LogP contribution in [0.1, 0.15) is 22.3 Å². The minimum atomic E-state index is -0.611. The first-order valence-electron chi connectivity index (χ1n) is 11.1. The highest BCUT2D eigenvalue weighted by atomic mass is 16.7. The number of nitrogens with one attached hydrogen (secondary N) is 2. The summed E-state index contributed by atoms with van der Waals surface area (Å²) in [5.74, 6) is -0.183. The number of hydroxylamine groups is 1. The maximum atomic E-state index is 12.9. The van der Waals surface area contributed by atoms with Crippen LogP contribution in [0.2, 0.25) is 0 Å². The van der Waals surface area contributed by atoms with Crippen molar-refractivity contribution in [2.24, 2.45) is 5.92 Å². The Hall–Kier alpha value is -3.79. The zero-order chi connectivity index (χ0) is 24.9. The minimum Gasteiger partial charge on any atom is -0.457 e. The number of carbonyl (C=O) groups is 2. The van der Waals surface area contributed by atoms with Crippen LogP contribution >= 0.6 is 0 Å². The van der Waals surface area contributed by atoms with Gasteiger partial charge in [0.25, 0.3) is 5.91 Å². The molecule has 2 unspecified atom stereocenters. The summed E-state index contributed by atoms with van der Waals surface area (Å²) in [5.41, 5.74) is 3.03. The molecule has 2 aromatic carbocycles. The summed E-state index contributed by atoms with van der Waals surface area (Å²) in [6, 6.07) is 19.2. The van der Waals surface area contributed by atoms with E-state index in [4.69, 9.17) is 14.2 Å². The van der Waals surface area contributed by atoms with E-state index in [0.717, 1.165) is 5.56 Å². The first kappa shape index (κ1) is 25.8. The highest BCUT2D eigenvalue weighted by Crippen LogP contribution is 2.21. The van der Waals surface area contributed by atoms with Crippen LogP contribution in [0.5, 0.6) is 11.5 Å². The van der Waals surface area contributed by atoms with Gasteiger partial charge in [-0.25, -0.2) is 5.48 Å². The third-order valence-electron chi connectivity index (χ3n) is 5.23. The lowest BCUT2D eigenvalue weighted by Gasteiger charge is -2.23. The molecule has 9 nitrogen and oxygen atoms in total. The first-order valence-corrected chi connectivity index (χ1v) is 11.1. The van der Waals surface area contributed by atoms with Gasteiger partial charge in [-0.15, -0.1) is 0 Å². The summed E-state index contributed by atoms with van der Waals surface area (Å²) in [6.45, 7) is 0.166. The van der Waals surface area contributed by atoms with E-state index in [-0.39, 0.29) is 25.7 Å². The summed E-state index contributed by atoms with van der Waals surface area (Å²) in [7, 11) is 1.50. The van der Waals surface area contributed by atoms with Crippen molar-refractivity contribution in [1.82, 2.24) is 15.8 Å². The Morgan fingerprint density at radius 3 is 2.31 bits per heavy atom. The lowest BCUT2D eigenvalue weighted by atomic mass is 9.92. The van der Waals surface area contributed by atoms with Gasteiger partial charge < -0.3 is 19.5 Å². The lowest BCUT2D eigenvalue weighted by Crippen LogP contribution is -2.42. The van der Waals surface area contributed by atoms with Crippen LogP contribution in [-0.4, -0.2) is 48.6 Å². The molecule has 3 rings (SSSR count). The number of amides is 2. The molecule has 35 heavy (non-hydrogen) atoms. The maximum absolute atomic E-state index is 12.9. The van der Waals surface area contributed by atoms with Gasteiger partial charge >= 0.3 is 0 Å². The van der Waals surface area contributed by atoms with Gasteiger partial charge in [-0.3, -0.25) is 19.8 Å². The van der Waals surface area contributed by atoms with Gasteiger partial charge in [-0.1, -0.05) is 18.2 Å². The molecule has 1 heterocycles. The Kier molecular flexibility index (Phi) is 10.2. The zero-order valence-corrected chi connectivity index (χ0v) is 19.4. The Morgan fingerprint density at radius 2 is 1.66 bits per heavy atom. The normalized spacial score (nSPS) is 12.4. The number of benzene rings is 2. The van der Waals surface area contributed by atoms with E-state index in [0.29, 0.717) is 23.5 Å². The average molecular weight is 480 g/mol.